The number of amides is 1. The highest BCUT2D eigenvalue weighted by Gasteiger charge is 2.19. The summed E-state index contributed by atoms with van der Waals surface area (Å²) in [5.41, 5.74) is 4.46. The zero-order valence-corrected chi connectivity index (χ0v) is 21.1. The Labute approximate surface area is 207 Å². The first kappa shape index (κ1) is 26.0. The molecule has 7 nitrogen and oxygen atoms in total. The van der Waals surface area contributed by atoms with Crippen molar-refractivity contribution in [2.24, 2.45) is 0 Å². The number of rotatable bonds is 9. The Hall–Kier alpha value is -3.63. The Balaban J connectivity index is 1.70. The fraction of sp³-hybridized carbons (Fsp3) is 0.393. The molecule has 1 aromatic heterocycles. The van der Waals surface area contributed by atoms with E-state index in [1.807, 2.05) is 44.3 Å². The molecule has 3 rings (SSSR count). The van der Waals surface area contributed by atoms with E-state index in [-0.39, 0.29) is 30.0 Å². The number of aromatic amines is 1. The van der Waals surface area contributed by atoms with Crippen molar-refractivity contribution < 1.29 is 9.90 Å². The molecule has 0 fully saturated rings. The normalized spacial score (nSPS) is 12.3. The summed E-state index contributed by atoms with van der Waals surface area (Å²) in [4.78, 5) is 20.9. The van der Waals surface area contributed by atoms with Gasteiger partial charge in [0.1, 0.15) is 11.9 Å². The molecular formula is C28H35N5O2. The average molecular weight is 474 g/mol. The van der Waals surface area contributed by atoms with Gasteiger partial charge in [0, 0.05) is 41.4 Å². The first-order valence-electron chi connectivity index (χ1n) is 12.0. The molecule has 0 saturated heterocycles. The van der Waals surface area contributed by atoms with Crippen LogP contribution >= 0.6 is 0 Å². The lowest BCUT2D eigenvalue weighted by Crippen LogP contribution is -2.37. The van der Waals surface area contributed by atoms with E-state index in [2.05, 4.69) is 42.5 Å². The first-order chi connectivity index (χ1) is 16.6. The highest BCUT2D eigenvalue weighted by molar-refractivity contribution is 5.95. The summed E-state index contributed by atoms with van der Waals surface area (Å²) in [6, 6.07) is 15.3. The number of anilines is 1. The third-order valence-electron chi connectivity index (χ3n) is 5.68. The van der Waals surface area contributed by atoms with Crippen molar-refractivity contribution in [3.05, 3.63) is 71.2 Å². The predicted molar refractivity (Wildman–Crippen MR) is 139 cm³/mol. The summed E-state index contributed by atoms with van der Waals surface area (Å²) >= 11 is 0. The van der Waals surface area contributed by atoms with E-state index < -0.39 is 0 Å². The van der Waals surface area contributed by atoms with Crippen LogP contribution in [0, 0.1) is 11.3 Å². The van der Waals surface area contributed by atoms with Crippen LogP contribution in [0.4, 0.5) is 5.69 Å². The fourth-order valence-corrected chi connectivity index (χ4v) is 3.81. The first-order valence-corrected chi connectivity index (χ1v) is 12.0. The maximum absolute atomic E-state index is 12.9. The Morgan fingerprint density at radius 3 is 2.46 bits per heavy atom. The lowest BCUT2D eigenvalue weighted by atomic mass is 9.96. The molecule has 1 atom stereocenters. The van der Waals surface area contributed by atoms with Crippen molar-refractivity contribution in [1.29, 1.82) is 5.26 Å². The van der Waals surface area contributed by atoms with Crippen LogP contribution in [0.5, 0.6) is 0 Å². The molecule has 0 aliphatic heterocycles. The van der Waals surface area contributed by atoms with Crippen LogP contribution in [0.2, 0.25) is 0 Å². The minimum atomic E-state index is -0.265. The standard InChI is InChI=1S/C28H35N5O2/c1-18(2)31-24-11-10-21(15-22(24)16-29)26(35)32-23(12-13-34)14-19-6-8-20(9-7-19)25-17-30-27(33-25)28(3,4)5/h6-11,15,17-18,23,31,34H,12-14H2,1-5H3,(H,30,33)(H,32,35)/t23-/m1/s1. The fourth-order valence-electron chi connectivity index (χ4n) is 3.81. The topological polar surface area (TPSA) is 114 Å². The number of benzene rings is 2. The summed E-state index contributed by atoms with van der Waals surface area (Å²) in [6.45, 7) is 10.3. The number of aromatic nitrogens is 2. The smallest absolute Gasteiger partial charge is 0.251 e. The number of aliphatic hydroxyl groups is 1. The molecule has 1 heterocycles. The largest absolute Gasteiger partial charge is 0.396 e. The van der Waals surface area contributed by atoms with Crippen LogP contribution in [0.1, 0.15) is 68.3 Å². The van der Waals surface area contributed by atoms with E-state index in [9.17, 15) is 15.2 Å². The maximum Gasteiger partial charge on any atom is 0.251 e. The summed E-state index contributed by atoms with van der Waals surface area (Å²) in [6.07, 6.45) is 2.93. The Bertz CT molecular complexity index is 1180. The van der Waals surface area contributed by atoms with Gasteiger partial charge >= 0.3 is 0 Å². The molecular weight excluding hydrogens is 438 g/mol. The molecule has 4 N–H and O–H groups in total. The van der Waals surface area contributed by atoms with Gasteiger partial charge in [0.05, 0.1) is 16.9 Å². The summed E-state index contributed by atoms with van der Waals surface area (Å²) in [5.74, 6) is 0.675. The van der Waals surface area contributed by atoms with Gasteiger partial charge < -0.3 is 20.7 Å². The van der Waals surface area contributed by atoms with Crippen LogP contribution in [0.3, 0.4) is 0 Å². The molecule has 0 aliphatic rings. The monoisotopic (exact) mass is 473 g/mol. The number of H-pyrrole nitrogens is 1. The van der Waals surface area contributed by atoms with Gasteiger partial charge in [0.15, 0.2) is 0 Å². The Kier molecular flexibility index (Phi) is 8.31. The van der Waals surface area contributed by atoms with Gasteiger partial charge in [0.2, 0.25) is 0 Å². The number of hydrogen-bond acceptors (Lipinski definition) is 5. The molecule has 1 amide bonds. The van der Waals surface area contributed by atoms with E-state index >= 15 is 0 Å². The number of nitrogens with zero attached hydrogens (tertiary/aromatic N) is 2. The molecule has 0 unspecified atom stereocenters. The van der Waals surface area contributed by atoms with Gasteiger partial charge in [-0.05, 0) is 50.5 Å². The molecule has 0 aliphatic carbocycles. The molecule has 0 radical (unpaired) electrons. The predicted octanol–water partition coefficient (Wildman–Crippen LogP) is 4.79. The number of imidazole rings is 1. The van der Waals surface area contributed by atoms with Crippen molar-refractivity contribution in [3.63, 3.8) is 0 Å². The van der Waals surface area contributed by atoms with Crippen LogP contribution in [-0.2, 0) is 11.8 Å². The second-order valence-corrected chi connectivity index (χ2v) is 10.1. The van der Waals surface area contributed by atoms with E-state index in [1.54, 1.807) is 18.2 Å². The van der Waals surface area contributed by atoms with E-state index in [0.717, 1.165) is 22.6 Å². The number of hydrogen-bond donors (Lipinski definition) is 4. The number of nitrogens with one attached hydrogen (secondary N) is 3. The summed E-state index contributed by atoms with van der Waals surface area (Å²) < 4.78 is 0. The van der Waals surface area contributed by atoms with Crippen LogP contribution in [-0.4, -0.2) is 39.7 Å². The van der Waals surface area contributed by atoms with Gasteiger partial charge in [-0.1, -0.05) is 45.0 Å². The Morgan fingerprint density at radius 1 is 1.17 bits per heavy atom. The number of aliphatic hydroxyl groups excluding tert-OH is 1. The number of carbonyl (C=O) groups excluding carboxylic acids is 1. The Morgan fingerprint density at radius 2 is 1.89 bits per heavy atom. The third-order valence-corrected chi connectivity index (χ3v) is 5.68. The number of nitriles is 1. The molecule has 0 spiro atoms. The SMILES string of the molecule is CC(C)Nc1ccc(C(=O)N[C@H](CCO)Cc2ccc(-c3c[nH]c(C(C)(C)C)n3)cc2)cc1C#N. The summed E-state index contributed by atoms with van der Waals surface area (Å²) in [5, 5.41) is 25.3. The lowest BCUT2D eigenvalue weighted by Gasteiger charge is -2.19. The second-order valence-electron chi connectivity index (χ2n) is 10.1. The summed E-state index contributed by atoms with van der Waals surface area (Å²) in [7, 11) is 0. The highest BCUT2D eigenvalue weighted by Crippen LogP contribution is 2.24. The molecule has 184 valence electrons. The van der Waals surface area contributed by atoms with Gasteiger partial charge in [0.25, 0.3) is 5.91 Å². The molecule has 0 bridgehead atoms. The average Bonchev–Trinajstić information content (AvgIpc) is 3.30. The minimum absolute atomic E-state index is 0.0351. The molecule has 35 heavy (non-hydrogen) atoms. The van der Waals surface area contributed by atoms with Crippen LogP contribution in [0.25, 0.3) is 11.3 Å². The van der Waals surface area contributed by atoms with Gasteiger partial charge in [-0.3, -0.25) is 4.79 Å². The van der Waals surface area contributed by atoms with E-state index in [1.165, 1.54) is 0 Å². The molecule has 3 aromatic rings. The van der Waals surface area contributed by atoms with Gasteiger partial charge in [-0.15, -0.1) is 0 Å². The van der Waals surface area contributed by atoms with Gasteiger partial charge in [-0.25, -0.2) is 4.98 Å². The third kappa shape index (κ3) is 6.93. The zero-order chi connectivity index (χ0) is 25.6. The molecule has 2 aromatic carbocycles. The van der Waals surface area contributed by atoms with Crippen molar-refractivity contribution in [2.45, 2.75) is 65.0 Å². The highest BCUT2D eigenvalue weighted by atomic mass is 16.3. The van der Waals surface area contributed by atoms with Crippen LogP contribution < -0.4 is 10.6 Å². The maximum atomic E-state index is 12.9. The second kappa shape index (κ2) is 11.2. The van der Waals surface area contributed by atoms with Crippen LogP contribution in [0.15, 0.2) is 48.7 Å². The van der Waals surface area contributed by atoms with Crippen molar-refractivity contribution in [1.82, 2.24) is 15.3 Å². The van der Waals surface area contributed by atoms with E-state index in [0.29, 0.717) is 29.7 Å². The van der Waals surface area contributed by atoms with Gasteiger partial charge in [-0.2, -0.15) is 5.26 Å². The zero-order valence-electron chi connectivity index (χ0n) is 21.1. The van der Waals surface area contributed by atoms with Crippen molar-refractivity contribution >= 4 is 11.6 Å². The van der Waals surface area contributed by atoms with Crippen molar-refractivity contribution in [2.75, 3.05) is 11.9 Å². The molecule has 0 saturated carbocycles. The quantitative estimate of drug-likeness (QED) is 0.357. The number of carbonyl (C=O) groups is 1. The van der Waals surface area contributed by atoms with Crippen molar-refractivity contribution in [3.8, 4) is 17.3 Å². The lowest BCUT2D eigenvalue weighted by molar-refractivity contribution is 0.0930. The minimum Gasteiger partial charge on any atom is -0.396 e. The molecule has 7 heteroatoms. The van der Waals surface area contributed by atoms with E-state index in [4.69, 9.17) is 4.98 Å².